The summed E-state index contributed by atoms with van der Waals surface area (Å²) in [5.74, 6) is 0.0165. The van der Waals surface area contributed by atoms with Gasteiger partial charge in [0.05, 0.1) is 0 Å². The van der Waals surface area contributed by atoms with Gasteiger partial charge >= 0.3 is 6.09 Å². The van der Waals surface area contributed by atoms with Gasteiger partial charge in [0.15, 0.2) is 5.78 Å². The van der Waals surface area contributed by atoms with Crippen molar-refractivity contribution in [3.63, 3.8) is 0 Å². The van der Waals surface area contributed by atoms with E-state index in [4.69, 9.17) is 16.3 Å². The van der Waals surface area contributed by atoms with Crippen LogP contribution >= 0.6 is 11.6 Å². The van der Waals surface area contributed by atoms with Gasteiger partial charge in [0.2, 0.25) is 0 Å². The second kappa shape index (κ2) is 7.14. The predicted octanol–water partition coefficient (Wildman–Crippen LogP) is 4.32. The van der Waals surface area contributed by atoms with E-state index in [9.17, 15) is 9.59 Å². The molecule has 119 valence electrons. The van der Waals surface area contributed by atoms with Gasteiger partial charge in [-0.15, -0.1) is 0 Å². The van der Waals surface area contributed by atoms with E-state index >= 15 is 0 Å². The minimum absolute atomic E-state index is 0.0165. The van der Waals surface area contributed by atoms with Crippen LogP contribution in [0.25, 0.3) is 0 Å². The van der Waals surface area contributed by atoms with Crippen LogP contribution in [0.1, 0.15) is 44.6 Å². The maximum Gasteiger partial charge on any atom is 0.411 e. The summed E-state index contributed by atoms with van der Waals surface area (Å²) >= 11 is 6.33. The molecule has 5 heteroatoms. The molecule has 0 saturated heterocycles. The van der Waals surface area contributed by atoms with Crippen molar-refractivity contribution in [1.82, 2.24) is 4.90 Å². The molecule has 1 atom stereocenters. The maximum atomic E-state index is 12.8. The third kappa shape index (κ3) is 2.98. The molecule has 22 heavy (non-hydrogen) atoms. The van der Waals surface area contributed by atoms with Gasteiger partial charge in [-0.2, -0.15) is 0 Å². The van der Waals surface area contributed by atoms with E-state index in [1.54, 1.807) is 13.1 Å². The van der Waals surface area contributed by atoms with Gasteiger partial charge in [-0.25, -0.2) is 4.79 Å². The molecule has 0 heterocycles. The van der Waals surface area contributed by atoms with E-state index in [0.29, 0.717) is 29.8 Å². The molecule has 0 bridgehead atoms. The first kappa shape index (κ1) is 16.8. The minimum Gasteiger partial charge on any atom is -0.442 e. The molecule has 1 aromatic rings. The summed E-state index contributed by atoms with van der Waals surface area (Å²) in [6.07, 6.45) is 2.80. The Morgan fingerprint density at radius 2 is 2.14 bits per heavy atom. The lowest BCUT2D eigenvalue weighted by molar-refractivity contribution is -0.133. The molecular weight excluding hydrogens is 302 g/mol. The highest BCUT2D eigenvalue weighted by atomic mass is 35.5. The Morgan fingerprint density at radius 3 is 2.77 bits per heavy atom. The number of carbonyl (C=O) groups is 2. The second-order valence-electron chi connectivity index (χ2n) is 5.49. The molecule has 1 radical (unpaired) electrons. The van der Waals surface area contributed by atoms with Gasteiger partial charge in [-0.05, 0) is 31.7 Å². The molecule has 1 aliphatic carbocycles. The quantitative estimate of drug-likeness (QED) is 0.829. The van der Waals surface area contributed by atoms with Crippen molar-refractivity contribution in [3.05, 3.63) is 41.5 Å². The van der Waals surface area contributed by atoms with Crippen LogP contribution in [0.2, 0.25) is 5.02 Å². The number of ketones is 1. The molecule has 1 amide bonds. The lowest BCUT2D eigenvalue weighted by Crippen LogP contribution is -2.54. The SMILES string of the molecule is CC[CH]OC(=O)N(C)[C@]1(c2ccccc2Cl)CCCCC1=O. The van der Waals surface area contributed by atoms with E-state index in [1.807, 2.05) is 25.1 Å². The van der Waals surface area contributed by atoms with Crippen LogP contribution in [0.4, 0.5) is 4.79 Å². The summed E-state index contributed by atoms with van der Waals surface area (Å²) < 4.78 is 5.11. The number of hydrogen-bond donors (Lipinski definition) is 0. The van der Waals surface area contributed by atoms with Gasteiger partial charge in [0.25, 0.3) is 0 Å². The fraction of sp³-hybridized carbons (Fsp3) is 0.471. The van der Waals surface area contributed by atoms with E-state index in [2.05, 4.69) is 0 Å². The highest BCUT2D eigenvalue weighted by Gasteiger charge is 2.48. The summed E-state index contributed by atoms with van der Waals surface area (Å²) in [5.41, 5.74) is -0.354. The normalized spacial score (nSPS) is 21.5. The van der Waals surface area contributed by atoms with Crippen molar-refractivity contribution in [2.75, 3.05) is 7.05 Å². The fourth-order valence-electron chi connectivity index (χ4n) is 3.02. The van der Waals surface area contributed by atoms with Crippen molar-refractivity contribution in [2.45, 2.75) is 44.6 Å². The molecule has 0 N–H and O–H groups in total. The number of benzene rings is 1. The predicted molar refractivity (Wildman–Crippen MR) is 85.4 cm³/mol. The molecule has 1 fully saturated rings. The van der Waals surface area contributed by atoms with E-state index in [1.165, 1.54) is 11.5 Å². The van der Waals surface area contributed by atoms with Crippen LogP contribution in [0.3, 0.4) is 0 Å². The Kier molecular flexibility index (Phi) is 5.46. The number of likely N-dealkylation sites (N-methyl/N-ethyl adjacent to an activating group) is 1. The number of carbonyl (C=O) groups excluding carboxylic acids is 2. The number of hydrogen-bond acceptors (Lipinski definition) is 3. The van der Waals surface area contributed by atoms with Crippen LogP contribution in [0.5, 0.6) is 0 Å². The molecule has 0 aliphatic heterocycles. The number of Topliss-reactive ketones (excluding diaryl/α,β-unsaturated/α-hetero) is 1. The highest BCUT2D eigenvalue weighted by Crippen LogP contribution is 2.42. The minimum atomic E-state index is -1.03. The lowest BCUT2D eigenvalue weighted by Gasteiger charge is -2.43. The maximum absolute atomic E-state index is 12.8. The number of rotatable bonds is 4. The number of halogens is 1. The Balaban J connectivity index is 2.45. The average molecular weight is 323 g/mol. The highest BCUT2D eigenvalue weighted by molar-refractivity contribution is 6.31. The van der Waals surface area contributed by atoms with Crippen LogP contribution in [-0.4, -0.2) is 23.8 Å². The monoisotopic (exact) mass is 322 g/mol. The van der Waals surface area contributed by atoms with Crippen molar-refractivity contribution < 1.29 is 14.3 Å². The van der Waals surface area contributed by atoms with Gasteiger partial charge in [0.1, 0.15) is 12.1 Å². The van der Waals surface area contributed by atoms with E-state index in [-0.39, 0.29) is 5.78 Å². The Morgan fingerprint density at radius 1 is 1.41 bits per heavy atom. The number of ether oxygens (including phenoxy) is 1. The summed E-state index contributed by atoms with van der Waals surface area (Å²) in [6, 6.07) is 7.22. The summed E-state index contributed by atoms with van der Waals surface area (Å²) in [5, 5.41) is 0.497. The molecular formula is C17H21ClNO3. The first-order valence-electron chi connectivity index (χ1n) is 7.58. The van der Waals surface area contributed by atoms with Crippen molar-refractivity contribution in [1.29, 1.82) is 0 Å². The van der Waals surface area contributed by atoms with Crippen molar-refractivity contribution in [3.8, 4) is 0 Å². The van der Waals surface area contributed by atoms with Crippen molar-refractivity contribution >= 4 is 23.5 Å². The zero-order valence-corrected chi connectivity index (χ0v) is 13.7. The molecule has 4 nitrogen and oxygen atoms in total. The summed E-state index contributed by atoms with van der Waals surface area (Å²) in [4.78, 5) is 26.5. The zero-order valence-electron chi connectivity index (χ0n) is 13.0. The second-order valence-corrected chi connectivity index (χ2v) is 5.90. The molecule has 2 rings (SSSR count). The molecule has 1 saturated carbocycles. The Bertz CT molecular complexity index is 561. The number of amides is 1. The zero-order chi connectivity index (χ0) is 16.2. The molecule has 0 spiro atoms. The first-order chi connectivity index (χ1) is 10.5. The standard InChI is InChI=1S/C17H21ClNO3/c1-3-12-22-16(21)19(2)17(11-7-6-10-15(17)20)13-8-4-5-9-14(13)18/h4-5,8-9,12H,3,6-7,10-11H2,1-2H3/t17-/m0/s1. The Labute approximate surface area is 136 Å². The molecule has 0 aromatic heterocycles. The largest absolute Gasteiger partial charge is 0.442 e. The molecule has 0 unspecified atom stereocenters. The Hall–Kier alpha value is -1.55. The topological polar surface area (TPSA) is 46.6 Å². The van der Waals surface area contributed by atoms with Gasteiger partial charge in [-0.3, -0.25) is 9.69 Å². The molecule has 1 aromatic carbocycles. The molecule has 1 aliphatic rings. The summed E-state index contributed by atoms with van der Waals surface area (Å²) in [7, 11) is 1.61. The smallest absolute Gasteiger partial charge is 0.411 e. The summed E-state index contributed by atoms with van der Waals surface area (Å²) in [6.45, 7) is 3.31. The van der Waals surface area contributed by atoms with Gasteiger partial charge in [-0.1, -0.05) is 36.7 Å². The van der Waals surface area contributed by atoms with Crippen molar-refractivity contribution in [2.24, 2.45) is 0 Å². The third-order valence-corrected chi connectivity index (χ3v) is 4.50. The van der Waals surface area contributed by atoms with E-state index in [0.717, 1.165) is 12.8 Å². The van der Waals surface area contributed by atoms with Crippen LogP contribution < -0.4 is 0 Å². The fourth-order valence-corrected chi connectivity index (χ4v) is 3.31. The van der Waals surface area contributed by atoms with Gasteiger partial charge < -0.3 is 4.74 Å². The van der Waals surface area contributed by atoms with Gasteiger partial charge in [0, 0.05) is 24.1 Å². The number of nitrogens with zero attached hydrogens (tertiary/aromatic N) is 1. The first-order valence-corrected chi connectivity index (χ1v) is 7.96. The third-order valence-electron chi connectivity index (χ3n) is 4.17. The van der Waals surface area contributed by atoms with Crippen LogP contribution in [0, 0.1) is 6.61 Å². The van der Waals surface area contributed by atoms with Crippen LogP contribution in [-0.2, 0) is 15.1 Å². The van der Waals surface area contributed by atoms with Crippen LogP contribution in [0.15, 0.2) is 24.3 Å². The lowest BCUT2D eigenvalue weighted by atomic mass is 9.74. The van der Waals surface area contributed by atoms with E-state index < -0.39 is 11.6 Å². The average Bonchev–Trinajstić information content (AvgIpc) is 2.53.